The molecule has 0 rings (SSSR count). The van der Waals surface area contributed by atoms with Gasteiger partial charge in [0.1, 0.15) is 0 Å². The molecule has 0 saturated carbocycles. The van der Waals surface area contributed by atoms with Crippen LogP contribution in [0.3, 0.4) is 0 Å². The number of nitrogens with one attached hydrogen (secondary N) is 4. The highest BCUT2D eigenvalue weighted by Crippen LogP contribution is 2.11. The molecule has 0 aromatic heterocycles. The van der Waals surface area contributed by atoms with Crippen LogP contribution in [0.5, 0.6) is 0 Å². The van der Waals surface area contributed by atoms with Crippen LogP contribution in [0.25, 0.3) is 0 Å². The fourth-order valence-corrected chi connectivity index (χ4v) is 4.90. The van der Waals surface area contributed by atoms with Crippen molar-refractivity contribution in [2.75, 3.05) is 39.3 Å². The van der Waals surface area contributed by atoms with E-state index in [0.717, 1.165) is 77.5 Å². The summed E-state index contributed by atoms with van der Waals surface area (Å²) in [4.78, 5) is 23.7. The molecule has 40 heavy (non-hydrogen) atoms. The van der Waals surface area contributed by atoms with Crippen molar-refractivity contribution in [3.05, 3.63) is 0 Å². The Kier molecular flexibility index (Phi) is 32.4. The summed E-state index contributed by atoms with van der Waals surface area (Å²) in [7, 11) is 0. The Morgan fingerprint density at radius 1 is 0.300 bits per heavy atom. The molecule has 8 N–H and O–H groups in total. The zero-order valence-electron chi connectivity index (χ0n) is 26.2. The van der Waals surface area contributed by atoms with E-state index in [2.05, 4.69) is 21.3 Å². The molecule has 0 radical (unpaired) electrons. The lowest BCUT2D eigenvalue weighted by molar-refractivity contribution is 0.239. The van der Waals surface area contributed by atoms with Crippen molar-refractivity contribution >= 4 is 12.1 Å². The van der Waals surface area contributed by atoms with Gasteiger partial charge in [-0.1, -0.05) is 116 Å². The first-order valence-corrected chi connectivity index (χ1v) is 17.1. The number of urea groups is 2. The molecule has 0 bridgehead atoms. The summed E-state index contributed by atoms with van der Waals surface area (Å²) in [5.41, 5.74) is 11.0. The van der Waals surface area contributed by atoms with Crippen LogP contribution < -0.4 is 32.7 Å². The summed E-state index contributed by atoms with van der Waals surface area (Å²) in [5.74, 6) is 0. The average molecular weight is 569 g/mol. The van der Waals surface area contributed by atoms with Gasteiger partial charge in [0, 0.05) is 26.2 Å². The molecule has 0 heterocycles. The quantitative estimate of drug-likeness (QED) is 0.0509. The fraction of sp³-hybridized carbons (Fsp3) is 0.938. The van der Waals surface area contributed by atoms with E-state index in [0.29, 0.717) is 13.1 Å². The first kappa shape index (κ1) is 38.5. The molecule has 0 aliphatic rings. The molecule has 0 fully saturated rings. The van der Waals surface area contributed by atoms with Crippen molar-refractivity contribution in [3.8, 4) is 0 Å². The number of nitrogens with two attached hydrogens (primary N) is 2. The van der Waals surface area contributed by atoms with Crippen LogP contribution in [0, 0.1) is 0 Å². The minimum absolute atomic E-state index is 0.0510. The van der Waals surface area contributed by atoms with E-state index < -0.39 is 0 Å². The monoisotopic (exact) mass is 569 g/mol. The van der Waals surface area contributed by atoms with Crippen molar-refractivity contribution in [1.82, 2.24) is 21.3 Å². The summed E-state index contributed by atoms with van der Waals surface area (Å²) in [5, 5.41) is 11.8. The summed E-state index contributed by atoms with van der Waals surface area (Å²) in [6.07, 6.45) is 29.3. The molecule has 4 amide bonds. The molecule has 0 aliphatic heterocycles. The van der Waals surface area contributed by atoms with Crippen LogP contribution in [-0.2, 0) is 0 Å². The number of unbranched alkanes of at least 4 members (excludes halogenated alkanes) is 21. The van der Waals surface area contributed by atoms with Gasteiger partial charge in [0.25, 0.3) is 0 Å². The second kappa shape index (κ2) is 33.7. The van der Waals surface area contributed by atoms with Crippen molar-refractivity contribution < 1.29 is 9.59 Å². The molecule has 8 nitrogen and oxygen atoms in total. The Morgan fingerprint density at radius 2 is 0.475 bits per heavy atom. The lowest BCUT2D eigenvalue weighted by Crippen LogP contribution is -2.36. The molecule has 0 aliphatic carbocycles. The van der Waals surface area contributed by atoms with Crippen LogP contribution in [0.15, 0.2) is 0 Å². The Balaban J connectivity index is 3.25. The lowest BCUT2D eigenvalue weighted by Gasteiger charge is -2.09. The molecule has 0 atom stereocenters. The Hall–Kier alpha value is -1.54. The van der Waals surface area contributed by atoms with Crippen molar-refractivity contribution in [1.29, 1.82) is 0 Å². The smallest absolute Gasteiger partial charge is 0.314 e. The first-order chi connectivity index (χ1) is 19.7. The molecule has 0 aromatic carbocycles. The molecule has 0 spiro atoms. The summed E-state index contributed by atoms with van der Waals surface area (Å²) in [6.45, 7) is 4.58. The summed E-state index contributed by atoms with van der Waals surface area (Å²) >= 11 is 0. The number of carbonyl (C=O) groups excluding carboxylic acids is 2. The highest BCUT2D eigenvalue weighted by atomic mass is 16.2. The van der Waals surface area contributed by atoms with Crippen molar-refractivity contribution in [3.63, 3.8) is 0 Å². The van der Waals surface area contributed by atoms with Gasteiger partial charge in [-0.2, -0.15) is 0 Å². The fourth-order valence-electron chi connectivity index (χ4n) is 4.90. The lowest BCUT2D eigenvalue weighted by atomic mass is 10.1. The second-order valence-electron chi connectivity index (χ2n) is 11.4. The number of hydrogen-bond acceptors (Lipinski definition) is 4. The second-order valence-corrected chi connectivity index (χ2v) is 11.4. The molecule has 0 aromatic rings. The van der Waals surface area contributed by atoms with Gasteiger partial charge in [-0.05, 0) is 51.6 Å². The number of rotatable bonds is 31. The van der Waals surface area contributed by atoms with E-state index in [4.69, 9.17) is 11.5 Å². The first-order valence-electron chi connectivity index (χ1n) is 17.1. The summed E-state index contributed by atoms with van der Waals surface area (Å²) < 4.78 is 0. The highest BCUT2D eigenvalue weighted by Gasteiger charge is 2.01. The molecular formula is C32H68N6O2. The van der Waals surface area contributed by atoms with E-state index in [-0.39, 0.29) is 12.1 Å². The van der Waals surface area contributed by atoms with E-state index in [1.54, 1.807) is 0 Å². The van der Waals surface area contributed by atoms with E-state index in [1.807, 2.05) is 0 Å². The topological polar surface area (TPSA) is 134 Å². The van der Waals surface area contributed by atoms with Crippen LogP contribution in [-0.4, -0.2) is 51.3 Å². The third-order valence-electron chi connectivity index (χ3n) is 7.51. The van der Waals surface area contributed by atoms with Gasteiger partial charge >= 0.3 is 12.1 Å². The molecule has 8 heteroatoms. The Morgan fingerprint density at radius 3 is 0.675 bits per heavy atom. The van der Waals surface area contributed by atoms with Crippen molar-refractivity contribution in [2.24, 2.45) is 11.5 Å². The van der Waals surface area contributed by atoms with Gasteiger partial charge in [0.15, 0.2) is 0 Å². The molecular weight excluding hydrogens is 500 g/mol. The Bertz CT molecular complexity index is 490. The molecule has 0 saturated heterocycles. The normalized spacial score (nSPS) is 10.9. The van der Waals surface area contributed by atoms with Crippen LogP contribution >= 0.6 is 0 Å². The van der Waals surface area contributed by atoms with Crippen molar-refractivity contribution in [2.45, 2.75) is 154 Å². The number of amides is 4. The van der Waals surface area contributed by atoms with Gasteiger partial charge in [0.2, 0.25) is 0 Å². The van der Waals surface area contributed by atoms with E-state index >= 15 is 0 Å². The van der Waals surface area contributed by atoms with Gasteiger partial charge in [0.05, 0.1) is 0 Å². The number of hydrogen-bond donors (Lipinski definition) is 6. The predicted molar refractivity (Wildman–Crippen MR) is 172 cm³/mol. The zero-order valence-corrected chi connectivity index (χ0v) is 26.2. The third kappa shape index (κ3) is 32.7. The summed E-state index contributed by atoms with van der Waals surface area (Å²) in [6, 6.07) is -0.102. The van der Waals surface area contributed by atoms with Crippen LogP contribution in [0.1, 0.15) is 154 Å². The van der Waals surface area contributed by atoms with Gasteiger partial charge < -0.3 is 32.7 Å². The minimum Gasteiger partial charge on any atom is -0.338 e. The zero-order chi connectivity index (χ0) is 29.2. The number of carbonyl (C=O) groups is 2. The molecule has 0 unspecified atom stereocenters. The maximum Gasteiger partial charge on any atom is 0.314 e. The average Bonchev–Trinajstić information content (AvgIpc) is 2.95. The maximum atomic E-state index is 11.9. The Labute approximate surface area is 247 Å². The largest absolute Gasteiger partial charge is 0.338 e. The highest BCUT2D eigenvalue weighted by molar-refractivity contribution is 5.74. The van der Waals surface area contributed by atoms with Crippen LogP contribution in [0.4, 0.5) is 9.59 Å². The third-order valence-corrected chi connectivity index (χ3v) is 7.51. The molecule has 238 valence electrons. The van der Waals surface area contributed by atoms with E-state index in [1.165, 1.54) is 103 Å². The standard InChI is InChI=1S/C32H68N6O2/c33-25-19-13-9-5-1-3-7-11-15-21-27-35-31(39)37-29-23-17-18-24-30-38-32(40)36-28-22-16-12-8-4-2-6-10-14-20-26-34/h1-30,33-34H2,(H2,35,37,39)(H2,36,38,40). The van der Waals surface area contributed by atoms with Gasteiger partial charge in [-0.15, -0.1) is 0 Å². The van der Waals surface area contributed by atoms with Gasteiger partial charge in [-0.25, -0.2) is 9.59 Å². The minimum atomic E-state index is -0.0510. The van der Waals surface area contributed by atoms with E-state index in [9.17, 15) is 9.59 Å². The SMILES string of the molecule is NCCCCCCCCCCCCNC(=O)NCCCCCCNC(=O)NCCCCCCCCCCCCN. The van der Waals surface area contributed by atoms with Crippen LogP contribution in [0.2, 0.25) is 0 Å². The van der Waals surface area contributed by atoms with Gasteiger partial charge in [-0.3, -0.25) is 0 Å². The predicted octanol–water partition coefficient (Wildman–Crippen LogP) is 6.86. The maximum absolute atomic E-state index is 11.9.